The smallest absolute Gasteiger partial charge is 0.229 e. The van der Waals surface area contributed by atoms with Gasteiger partial charge in [-0.3, -0.25) is 9.59 Å². The SMILES string of the molecule is COc1ccc(NC(=O)[C@H]2CC(=O)N(c3ccc(C)cc3)C2)c(OC)c1. The number of nitrogens with zero attached hydrogens (tertiary/aromatic N) is 1. The van der Waals surface area contributed by atoms with Crippen molar-refractivity contribution in [1.82, 2.24) is 0 Å². The molecule has 0 spiro atoms. The Bertz CT molecular complexity index is 817. The number of benzene rings is 2. The minimum atomic E-state index is -0.407. The van der Waals surface area contributed by atoms with E-state index < -0.39 is 5.92 Å². The van der Waals surface area contributed by atoms with Crippen LogP contribution in [-0.4, -0.2) is 32.6 Å². The summed E-state index contributed by atoms with van der Waals surface area (Å²) in [6, 6.07) is 12.9. The summed E-state index contributed by atoms with van der Waals surface area (Å²) < 4.78 is 10.5. The normalized spacial score (nSPS) is 16.5. The largest absolute Gasteiger partial charge is 0.497 e. The van der Waals surface area contributed by atoms with E-state index in [2.05, 4.69) is 5.32 Å². The van der Waals surface area contributed by atoms with Crippen molar-refractivity contribution < 1.29 is 19.1 Å². The first-order valence-electron chi connectivity index (χ1n) is 8.41. The van der Waals surface area contributed by atoms with Crippen LogP contribution in [0.4, 0.5) is 11.4 Å². The molecule has 0 saturated carbocycles. The number of amides is 2. The highest BCUT2D eigenvalue weighted by Crippen LogP contribution is 2.31. The summed E-state index contributed by atoms with van der Waals surface area (Å²) in [5, 5.41) is 2.86. The fourth-order valence-corrected chi connectivity index (χ4v) is 2.99. The standard InChI is InChI=1S/C20H22N2O4/c1-13-4-6-15(7-5-13)22-12-14(10-19(22)23)20(24)21-17-9-8-16(25-2)11-18(17)26-3/h4-9,11,14H,10,12H2,1-3H3,(H,21,24)/t14-/m0/s1. The maximum atomic E-state index is 12.6. The van der Waals surface area contributed by atoms with Crippen LogP contribution < -0.4 is 19.7 Å². The molecule has 6 nitrogen and oxygen atoms in total. The molecule has 6 heteroatoms. The van der Waals surface area contributed by atoms with E-state index in [0.717, 1.165) is 11.3 Å². The second kappa shape index (κ2) is 7.47. The van der Waals surface area contributed by atoms with Gasteiger partial charge in [0.15, 0.2) is 0 Å². The van der Waals surface area contributed by atoms with Crippen molar-refractivity contribution in [1.29, 1.82) is 0 Å². The monoisotopic (exact) mass is 354 g/mol. The molecule has 1 aliphatic rings. The van der Waals surface area contributed by atoms with E-state index in [-0.39, 0.29) is 18.2 Å². The third-order valence-electron chi connectivity index (χ3n) is 4.51. The van der Waals surface area contributed by atoms with Crippen molar-refractivity contribution in [3.05, 3.63) is 48.0 Å². The third kappa shape index (κ3) is 3.64. The number of rotatable bonds is 5. The molecular weight excluding hydrogens is 332 g/mol. The van der Waals surface area contributed by atoms with Crippen molar-refractivity contribution in [2.45, 2.75) is 13.3 Å². The summed E-state index contributed by atoms with van der Waals surface area (Å²) in [6.07, 6.45) is 0.193. The van der Waals surface area contributed by atoms with Crippen LogP contribution in [0.5, 0.6) is 11.5 Å². The first-order valence-corrected chi connectivity index (χ1v) is 8.41. The fourth-order valence-electron chi connectivity index (χ4n) is 2.99. The van der Waals surface area contributed by atoms with Gasteiger partial charge in [-0.1, -0.05) is 17.7 Å². The zero-order valence-electron chi connectivity index (χ0n) is 15.1. The van der Waals surface area contributed by atoms with E-state index >= 15 is 0 Å². The topological polar surface area (TPSA) is 67.9 Å². The highest BCUT2D eigenvalue weighted by molar-refractivity contribution is 6.03. The molecule has 1 N–H and O–H groups in total. The van der Waals surface area contributed by atoms with E-state index in [9.17, 15) is 9.59 Å². The van der Waals surface area contributed by atoms with Crippen LogP contribution in [0.15, 0.2) is 42.5 Å². The first-order chi connectivity index (χ1) is 12.5. The van der Waals surface area contributed by atoms with Gasteiger partial charge in [0.25, 0.3) is 0 Å². The summed E-state index contributed by atoms with van der Waals surface area (Å²) in [6.45, 7) is 2.36. The van der Waals surface area contributed by atoms with Gasteiger partial charge in [0.1, 0.15) is 11.5 Å². The summed E-state index contributed by atoms with van der Waals surface area (Å²) in [7, 11) is 3.10. The quantitative estimate of drug-likeness (QED) is 0.896. The summed E-state index contributed by atoms with van der Waals surface area (Å²) >= 11 is 0. The van der Waals surface area contributed by atoms with E-state index in [4.69, 9.17) is 9.47 Å². The minimum Gasteiger partial charge on any atom is -0.497 e. The van der Waals surface area contributed by atoms with Crippen LogP contribution in [0.3, 0.4) is 0 Å². The number of nitrogens with one attached hydrogen (secondary N) is 1. The lowest BCUT2D eigenvalue weighted by atomic mass is 10.1. The molecule has 1 atom stereocenters. The van der Waals surface area contributed by atoms with Crippen LogP contribution in [0.2, 0.25) is 0 Å². The molecule has 0 bridgehead atoms. The number of ether oxygens (including phenoxy) is 2. The van der Waals surface area contributed by atoms with Gasteiger partial charge in [-0.05, 0) is 31.2 Å². The van der Waals surface area contributed by atoms with Crippen LogP contribution >= 0.6 is 0 Å². The maximum Gasteiger partial charge on any atom is 0.229 e. The summed E-state index contributed by atoms with van der Waals surface area (Å²) in [5.74, 6) is 0.501. The van der Waals surface area contributed by atoms with Crippen molar-refractivity contribution in [2.75, 3.05) is 31.0 Å². The van der Waals surface area contributed by atoms with E-state index in [0.29, 0.717) is 23.7 Å². The number of hydrogen-bond acceptors (Lipinski definition) is 4. The molecule has 136 valence electrons. The Kier molecular flexibility index (Phi) is 5.11. The van der Waals surface area contributed by atoms with Gasteiger partial charge in [0.05, 0.1) is 25.8 Å². The van der Waals surface area contributed by atoms with Crippen LogP contribution in [0, 0.1) is 12.8 Å². The molecule has 1 heterocycles. The predicted octanol–water partition coefficient (Wildman–Crippen LogP) is 3.00. The molecule has 26 heavy (non-hydrogen) atoms. The van der Waals surface area contributed by atoms with Crippen molar-refractivity contribution in [3.63, 3.8) is 0 Å². The van der Waals surface area contributed by atoms with Crippen molar-refractivity contribution in [3.8, 4) is 11.5 Å². The van der Waals surface area contributed by atoms with Gasteiger partial charge in [-0.15, -0.1) is 0 Å². The lowest BCUT2D eigenvalue weighted by Crippen LogP contribution is -2.28. The fraction of sp³-hybridized carbons (Fsp3) is 0.300. The Morgan fingerprint density at radius 3 is 2.50 bits per heavy atom. The zero-order chi connectivity index (χ0) is 18.7. The highest BCUT2D eigenvalue weighted by atomic mass is 16.5. The molecule has 1 fully saturated rings. The number of anilines is 2. The Balaban J connectivity index is 1.71. The molecule has 1 aliphatic heterocycles. The molecule has 2 aromatic rings. The van der Waals surface area contributed by atoms with Crippen LogP contribution in [0.25, 0.3) is 0 Å². The summed E-state index contributed by atoms with van der Waals surface area (Å²) in [4.78, 5) is 26.6. The van der Waals surface area contributed by atoms with Crippen molar-refractivity contribution in [2.24, 2.45) is 5.92 Å². The Morgan fingerprint density at radius 2 is 1.85 bits per heavy atom. The molecule has 0 radical (unpaired) electrons. The molecular formula is C20H22N2O4. The zero-order valence-corrected chi connectivity index (χ0v) is 15.1. The molecule has 1 saturated heterocycles. The van der Waals surface area contributed by atoms with E-state index in [1.54, 1.807) is 30.2 Å². The lowest BCUT2D eigenvalue weighted by molar-refractivity contribution is -0.122. The highest BCUT2D eigenvalue weighted by Gasteiger charge is 2.35. The van der Waals surface area contributed by atoms with Gasteiger partial charge < -0.3 is 19.7 Å². The predicted molar refractivity (Wildman–Crippen MR) is 99.8 cm³/mol. The molecule has 0 unspecified atom stereocenters. The van der Waals surface area contributed by atoms with Gasteiger partial charge in [-0.25, -0.2) is 0 Å². The van der Waals surface area contributed by atoms with Gasteiger partial charge in [0, 0.05) is 24.7 Å². The second-order valence-electron chi connectivity index (χ2n) is 6.30. The number of methoxy groups -OCH3 is 2. The number of aryl methyl sites for hydroxylation is 1. The average molecular weight is 354 g/mol. The van der Waals surface area contributed by atoms with E-state index in [1.807, 2.05) is 31.2 Å². The van der Waals surface area contributed by atoms with Gasteiger partial charge in [0.2, 0.25) is 11.8 Å². The Labute approximate surface area is 152 Å². The molecule has 2 amide bonds. The number of hydrogen-bond donors (Lipinski definition) is 1. The Hall–Kier alpha value is -3.02. The van der Waals surface area contributed by atoms with E-state index in [1.165, 1.54) is 7.11 Å². The lowest BCUT2D eigenvalue weighted by Gasteiger charge is -2.17. The van der Waals surface area contributed by atoms with Crippen molar-refractivity contribution >= 4 is 23.2 Å². The van der Waals surface area contributed by atoms with Crippen LogP contribution in [-0.2, 0) is 9.59 Å². The van der Waals surface area contributed by atoms with Gasteiger partial charge >= 0.3 is 0 Å². The van der Waals surface area contributed by atoms with Gasteiger partial charge in [-0.2, -0.15) is 0 Å². The molecule has 0 aliphatic carbocycles. The second-order valence-corrected chi connectivity index (χ2v) is 6.30. The number of carbonyl (C=O) groups is 2. The Morgan fingerprint density at radius 1 is 1.12 bits per heavy atom. The third-order valence-corrected chi connectivity index (χ3v) is 4.51. The first kappa shape index (κ1) is 17.8. The minimum absolute atomic E-state index is 0.0456. The molecule has 0 aromatic heterocycles. The molecule has 2 aromatic carbocycles. The maximum absolute atomic E-state index is 12.6. The average Bonchev–Trinajstić information content (AvgIpc) is 3.04. The molecule has 3 rings (SSSR count). The summed E-state index contributed by atoms with van der Waals surface area (Å²) in [5.41, 5.74) is 2.50. The van der Waals surface area contributed by atoms with Crippen LogP contribution in [0.1, 0.15) is 12.0 Å². The number of carbonyl (C=O) groups excluding carboxylic acids is 2.